The highest BCUT2D eigenvalue weighted by Crippen LogP contribution is 2.28. The largest absolute Gasteiger partial charge is 0.444 e. The van der Waals surface area contributed by atoms with Crippen LogP contribution < -0.4 is 10.6 Å². The summed E-state index contributed by atoms with van der Waals surface area (Å²) in [5.74, 6) is -0.305. The van der Waals surface area contributed by atoms with E-state index in [1.54, 1.807) is 58.6 Å². The van der Waals surface area contributed by atoms with Gasteiger partial charge in [0.15, 0.2) is 0 Å². The Labute approximate surface area is 214 Å². The van der Waals surface area contributed by atoms with Crippen LogP contribution in [0.1, 0.15) is 85.8 Å². The van der Waals surface area contributed by atoms with Gasteiger partial charge in [-0.05, 0) is 78.5 Å². The maximum atomic E-state index is 13.7. The van der Waals surface area contributed by atoms with Crippen LogP contribution in [0.15, 0.2) is 24.3 Å². The number of hydrogen-bond acceptors (Lipinski definition) is 5. The molecular formula is C26H40ClN3O5. The van der Waals surface area contributed by atoms with Crippen LogP contribution in [0, 0.1) is 0 Å². The maximum Gasteiger partial charge on any atom is 0.410 e. The molecule has 1 unspecified atom stereocenters. The average Bonchev–Trinajstić information content (AvgIpc) is 2.71. The van der Waals surface area contributed by atoms with E-state index in [9.17, 15) is 14.4 Å². The molecular weight excluding hydrogens is 470 g/mol. The van der Waals surface area contributed by atoms with Crippen molar-refractivity contribution in [2.75, 3.05) is 13.1 Å². The first-order valence-corrected chi connectivity index (χ1v) is 12.6. The van der Waals surface area contributed by atoms with Crippen molar-refractivity contribution in [1.29, 1.82) is 0 Å². The Kier molecular flexibility index (Phi) is 9.45. The van der Waals surface area contributed by atoms with E-state index in [1.165, 1.54) is 0 Å². The van der Waals surface area contributed by atoms with Gasteiger partial charge in [0.05, 0.1) is 6.04 Å². The minimum Gasteiger partial charge on any atom is -0.444 e. The van der Waals surface area contributed by atoms with Crippen LogP contribution in [0.5, 0.6) is 0 Å². The van der Waals surface area contributed by atoms with Gasteiger partial charge in [-0.1, -0.05) is 37.1 Å². The van der Waals surface area contributed by atoms with Crippen molar-refractivity contribution in [1.82, 2.24) is 15.5 Å². The van der Waals surface area contributed by atoms with Gasteiger partial charge < -0.3 is 25.0 Å². The van der Waals surface area contributed by atoms with Crippen LogP contribution in [0.3, 0.4) is 0 Å². The lowest BCUT2D eigenvalue weighted by molar-refractivity contribution is -0.130. The Hall–Kier alpha value is -2.48. The van der Waals surface area contributed by atoms with Gasteiger partial charge in [-0.15, -0.1) is 0 Å². The van der Waals surface area contributed by atoms with Crippen LogP contribution in [-0.4, -0.2) is 52.8 Å². The fourth-order valence-electron chi connectivity index (χ4n) is 3.91. The summed E-state index contributed by atoms with van der Waals surface area (Å²) in [6, 6.07) is 7.12. The lowest BCUT2D eigenvalue weighted by Gasteiger charge is -2.42. The lowest BCUT2D eigenvalue weighted by atomic mass is 9.85. The molecule has 1 fully saturated rings. The van der Waals surface area contributed by atoms with Crippen molar-refractivity contribution in [3.05, 3.63) is 34.9 Å². The molecule has 1 aromatic rings. The number of halogens is 1. The number of carbonyl (C=O) groups is 3. The molecule has 1 aromatic carbocycles. The number of ether oxygens (including phenoxy) is 2. The molecule has 1 aliphatic rings. The molecule has 0 bridgehead atoms. The van der Waals surface area contributed by atoms with Crippen molar-refractivity contribution < 1.29 is 23.9 Å². The molecule has 8 nitrogen and oxygen atoms in total. The Morgan fingerprint density at radius 1 is 1.00 bits per heavy atom. The summed E-state index contributed by atoms with van der Waals surface area (Å²) >= 11 is 6.04. The van der Waals surface area contributed by atoms with Crippen LogP contribution in [-0.2, 0) is 14.3 Å². The zero-order valence-corrected chi connectivity index (χ0v) is 22.8. The number of nitrogens with one attached hydrogen (secondary N) is 2. The molecule has 0 spiro atoms. The van der Waals surface area contributed by atoms with E-state index in [1.807, 2.05) is 19.1 Å². The molecule has 1 heterocycles. The van der Waals surface area contributed by atoms with Gasteiger partial charge >= 0.3 is 12.2 Å². The van der Waals surface area contributed by atoms with Gasteiger partial charge in [0.25, 0.3) is 0 Å². The quantitative estimate of drug-likeness (QED) is 0.520. The highest BCUT2D eigenvalue weighted by molar-refractivity contribution is 6.30. The smallest absolute Gasteiger partial charge is 0.410 e. The molecule has 35 heavy (non-hydrogen) atoms. The molecule has 3 amide bonds. The first-order chi connectivity index (χ1) is 16.1. The third-order valence-electron chi connectivity index (χ3n) is 5.60. The molecule has 0 saturated carbocycles. The van der Waals surface area contributed by atoms with Crippen molar-refractivity contribution in [3.63, 3.8) is 0 Å². The average molecular weight is 510 g/mol. The Morgan fingerprint density at radius 3 is 2.03 bits per heavy atom. The molecule has 9 heteroatoms. The SMILES string of the molecule is CCCC(NC(=O)C1(NC(=O)OC(C)(C)C)CCN(C(=O)OC(C)(C)C)CC1)c1ccc(Cl)cc1. The van der Waals surface area contributed by atoms with E-state index in [0.717, 1.165) is 18.4 Å². The van der Waals surface area contributed by atoms with E-state index >= 15 is 0 Å². The standard InChI is InChI=1S/C26H40ClN3O5/c1-8-9-20(18-10-12-19(27)13-11-18)28-21(31)26(29-22(32)34-24(2,3)4)14-16-30(17-15-26)23(33)35-25(5,6)7/h10-13,20H,8-9,14-17H2,1-7H3,(H,28,31)(H,29,32). The summed E-state index contributed by atoms with van der Waals surface area (Å²) in [6.45, 7) is 13.3. The summed E-state index contributed by atoms with van der Waals surface area (Å²) < 4.78 is 10.9. The van der Waals surface area contributed by atoms with Crippen LogP contribution in [0.4, 0.5) is 9.59 Å². The molecule has 2 rings (SSSR count). The minimum atomic E-state index is -1.22. The van der Waals surface area contributed by atoms with Crippen molar-refractivity contribution in [2.45, 2.75) is 96.9 Å². The molecule has 0 radical (unpaired) electrons. The predicted molar refractivity (Wildman–Crippen MR) is 136 cm³/mol. The number of nitrogens with zero attached hydrogens (tertiary/aromatic N) is 1. The fraction of sp³-hybridized carbons (Fsp3) is 0.654. The van der Waals surface area contributed by atoms with Gasteiger partial charge in [0.2, 0.25) is 5.91 Å². The number of amides is 3. The summed E-state index contributed by atoms with van der Waals surface area (Å²) in [7, 11) is 0. The Morgan fingerprint density at radius 2 is 1.54 bits per heavy atom. The zero-order valence-electron chi connectivity index (χ0n) is 22.0. The highest BCUT2D eigenvalue weighted by atomic mass is 35.5. The van der Waals surface area contributed by atoms with Crippen molar-refractivity contribution >= 4 is 29.7 Å². The highest BCUT2D eigenvalue weighted by Gasteiger charge is 2.45. The minimum absolute atomic E-state index is 0.233. The second-order valence-corrected chi connectivity index (χ2v) is 11.5. The molecule has 1 atom stereocenters. The van der Waals surface area contributed by atoms with Crippen LogP contribution in [0.25, 0.3) is 0 Å². The number of likely N-dealkylation sites (tertiary alicyclic amines) is 1. The van der Waals surface area contributed by atoms with Crippen molar-refractivity contribution in [3.8, 4) is 0 Å². The van der Waals surface area contributed by atoms with Crippen LogP contribution >= 0.6 is 11.6 Å². The Bertz CT molecular complexity index is 882. The van der Waals surface area contributed by atoms with E-state index in [-0.39, 0.29) is 37.9 Å². The van der Waals surface area contributed by atoms with E-state index in [0.29, 0.717) is 5.02 Å². The predicted octanol–water partition coefficient (Wildman–Crippen LogP) is 5.59. The first-order valence-electron chi connectivity index (χ1n) is 12.2. The molecule has 1 aliphatic heterocycles. The molecule has 196 valence electrons. The number of piperidine rings is 1. The third kappa shape index (κ3) is 8.91. The van der Waals surface area contributed by atoms with Gasteiger partial charge in [0.1, 0.15) is 16.7 Å². The van der Waals surface area contributed by atoms with E-state index in [4.69, 9.17) is 21.1 Å². The van der Waals surface area contributed by atoms with Gasteiger partial charge in [-0.3, -0.25) is 4.79 Å². The second-order valence-electron chi connectivity index (χ2n) is 11.0. The van der Waals surface area contributed by atoms with Gasteiger partial charge in [-0.25, -0.2) is 9.59 Å². The number of carbonyl (C=O) groups excluding carboxylic acids is 3. The number of hydrogen-bond donors (Lipinski definition) is 2. The van der Waals surface area contributed by atoms with E-state index in [2.05, 4.69) is 10.6 Å². The zero-order chi connectivity index (χ0) is 26.4. The second kappa shape index (κ2) is 11.5. The molecule has 1 saturated heterocycles. The third-order valence-corrected chi connectivity index (χ3v) is 5.85. The van der Waals surface area contributed by atoms with E-state index < -0.39 is 28.9 Å². The monoisotopic (exact) mass is 509 g/mol. The summed E-state index contributed by atoms with van der Waals surface area (Å²) in [5, 5.41) is 6.58. The molecule has 0 aliphatic carbocycles. The fourth-order valence-corrected chi connectivity index (χ4v) is 4.03. The van der Waals surface area contributed by atoms with Gasteiger partial charge in [0, 0.05) is 18.1 Å². The van der Waals surface area contributed by atoms with Crippen molar-refractivity contribution in [2.24, 2.45) is 0 Å². The number of alkyl carbamates (subject to hydrolysis) is 1. The normalized spacial score (nSPS) is 16.7. The lowest BCUT2D eigenvalue weighted by Crippen LogP contribution is -2.64. The molecule has 2 N–H and O–H groups in total. The maximum absolute atomic E-state index is 13.7. The van der Waals surface area contributed by atoms with Crippen LogP contribution in [0.2, 0.25) is 5.02 Å². The number of benzene rings is 1. The summed E-state index contributed by atoms with van der Waals surface area (Å²) in [4.78, 5) is 40.6. The first kappa shape index (κ1) is 28.8. The summed E-state index contributed by atoms with van der Waals surface area (Å²) in [6.07, 6.45) is 0.936. The summed E-state index contributed by atoms with van der Waals surface area (Å²) in [5.41, 5.74) is -1.63. The Balaban J connectivity index is 2.24. The van der Waals surface area contributed by atoms with Gasteiger partial charge in [-0.2, -0.15) is 0 Å². The topological polar surface area (TPSA) is 97.0 Å². The molecule has 0 aromatic heterocycles. The number of rotatable bonds is 6.